The van der Waals surface area contributed by atoms with Crippen LogP contribution in [-0.2, 0) is 11.3 Å². The van der Waals surface area contributed by atoms with E-state index < -0.39 is 0 Å². The van der Waals surface area contributed by atoms with Gasteiger partial charge in [0.25, 0.3) is 5.91 Å². The molecule has 1 atom stereocenters. The molecule has 1 aromatic heterocycles. The van der Waals surface area contributed by atoms with Crippen LogP contribution in [0.4, 0.5) is 0 Å². The number of carbonyl (C=O) groups excluding carboxylic acids is 2. The van der Waals surface area contributed by atoms with Crippen molar-refractivity contribution in [3.63, 3.8) is 0 Å². The van der Waals surface area contributed by atoms with Crippen LogP contribution in [0.1, 0.15) is 27.1 Å². The minimum absolute atomic E-state index is 0.0451. The minimum Gasteiger partial charge on any atom is -0.467 e. The lowest BCUT2D eigenvalue weighted by Crippen LogP contribution is -2.27. The number of thioether (sulfide) groups is 1. The molecular weight excluding hydrogens is 300 g/mol. The summed E-state index contributed by atoms with van der Waals surface area (Å²) in [5.41, 5.74) is 1.62. The van der Waals surface area contributed by atoms with E-state index in [9.17, 15) is 9.59 Å². The topological polar surface area (TPSA) is 62.6 Å². The summed E-state index contributed by atoms with van der Waals surface area (Å²) in [5, 5.41) is 2.55. The summed E-state index contributed by atoms with van der Waals surface area (Å²) in [6, 6.07) is 11.0. The first kappa shape index (κ1) is 14.7. The highest BCUT2D eigenvalue weighted by atomic mass is 32.2. The molecule has 1 fully saturated rings. The van der Waals surface area contributed by atoms with E-state index in [1.165, 1.54) is 0 Å². The van der Waals surface area contributed by atoms with Gasteiger partial charge in [0, 0.05) is 12.6 Å². The van der Waals surface area contributed by atoms with Crippen molar-refractivity contribution in [2.75, 3.05) is 12.8 Å². The Labute approximate surface area is 132 Å². The van der Waals surface area contributed by atoms with Crippen LogP contribution in [0.3, 0.4) is 0 Å². The number of nitrogens with one attached hydrogen (secondary N) is 1. The van der Waals surface area contributed by atoms with E-state index in [0.29, 0.717) is 17.9 Å². The van der Waals surface area contributed by atoms with Gasteiger partial charge in [-0.2, -0.15) is 0 Å². The Hall–Kier alpha value is -2.21. The van der Waals surface area contributed by atoms with Crippen LogP contribution in [0, 0.1) is 0 Å². The summed E-state index contributed by atoms with van der Waals surface area (Å²) in [7, 11) is 1.60. The highest BCUT2D eigenvalue weighted by molar-refractivity contribution is 8.00. The number of carbonyl (C=O) groups is 2. The Balaban J connectivity index is 1.80. The molecule has 2 heterocycles. The van der Waals surface area contributed by atoms with Crippen molar-refractivity contribution in [3.8, 4) is 0 Å². The fraction of sp³-hybridized carbons (Fsp3) is 0.250. The van der Waals surface area contributed by atoms with E-state index in [-0.39, 0.29) is 17.2 Å². The zero-order chi connectivity index (χ0) is 15.5. The molecule has 1 aliphatic rings. The molecule has 22 heavy (non-hydrogen) atoms. The fourth-order valence-corrected chi connectivity index (χ4v) is 3.60. The van der Waals surface area contributed by atoms with Gasteiger partial charge in [0.1, 0.15) is 11.1 Å². The molecule has 0 bridgehead atoms. The normalized spacial score (nSPS) is 17.8. The summed E-state index contributed by atoms with van der Waals surface area (Å²) < 4.78 is 5.34. The number of nitrogens with zero attached hydrogens (tertiary/aromatic N) is 1. The van der Waals surface area contributed by atoms with Gasteiger partial charge in [0.2, 0.25) is 5.91 Å². The Morgan fingerprint density at radius 3 is 2.77 bits per heavy atom. The van der Waals surface area contributed by atoms with E-state index in [2.05, 4.69) is 5.32 Å². The molecule has 6 heteroatoms. The SMILES string of the molecule is CNC(=O)c1ccc([C@H]2SCC(=O)N2Cc2ccco2)cc1. The maximum Gasteiger partial charge on any atom is 0.251 e. The second kappa shape index (κ2) is 6.27. The number of amides is 2. The lowest BCUT2D eigenvalue weighted by molar-refractivity contribution is -0.128. The average molecular weight is 316 g/mol. The van der Waals surface area contributed by atoms with Crippen molar-refractivity contribution >= 4 is 23.6 Å². The van der Waals surface area contributed by atoms with Crippen molar-refractivity contribution in [3.05, 3.63) is 59.5 Å². The first-order valence-electron chi connectivity index (χ1n) is 6.94. The van der Waals surface area contributed by atoms with Crippen LogP contribution in [0.25, 0.3) is 0 Å². The van der Waals surface area contributed by atoms with Gasteiger partial charge in [-0.3, -0.25) is 9.59 Å². The summed E-state index contributed by atoms with van der Waals surface area (Å²) >= 11 is 1.59. The van der Waals surface area contributed by atoms with Gasteiger partial charge in [-0.05, 0) is 29.8 Å². The second-order valence-electron chi connectivity index (χ2n) is 4.97. The van der Waals surface area contributed by atoms with Gasteiger partial charge in [-0.1, -0.05) is 12.1 Å². The zero-order valence-electron chi connectivity index (χ0n) is 12.1. The lowest BCUT2D eigenvalue weighted by atomic mass is 10.1. The lowest BCUT2D eigenvalue weighted by Gasteiger charge is -2.23. The van der Waals surface area contributed by atoms with Crippen molar-refractivity contribution in [2.24, 2.45) is 0 Å². The Morgan fingerprint density at radius 2 is 2.14 bits per heavy atom. The monoisotopic (exact) mass is 316 g/mol. The van der Waals surface area contributed by atoms with Gasteiger partial charge in [-0.15, -0.1) is 11.8 Å². The van der Waals surface area contributed by atoms with Gasteiger partial charge in [-0.25, -0.2) is 0 Å². The van der Waals surface area contributed by atoms with Gasteiger partial charge >= 0.3 is 0 Å². The number of hydrogen-bond donors (Lipinski definition) is 1. The molecule has 0 radical (unpaired) electrons. The molecule has 2 amide bonds. The largest absolute Gasteiger partial charge is 0.467 e. The van der Waals surface area contributed by atoms with Crippen molar-refractivity contribution in [1.82, 2.24) is 10.2 Å². The molecule has 1 aromatic carbocycles. The number of benzene rings is 1. The van der Waals surface area contributed by atoms with E-state index in [4.69, 9.17) is 4.42 Å². The Morgan fingerprint density at radius 1 is 1.36 bits per heavy atom. The van der Waals surface area contributed by atoms with Crippen molar-refractivity contribution < 1.29 is 14.0 Å². The minimum atomic E-state index is -0.117. The van der Waals surface area contributed by atoms with Crippen LogP contribution >= 0.6 is 11.8 Å². The summed E-state index contributed by atoms with van der Waals surface area (Å²) in [4.78, 5) is 25.5. The third-order valence-electron chi connectivity index (χ3n) is 3.56. The van der Waals surface area contributed by atoms with Gasteiger partial charge in [0.05, 0.1) is 18.6 Å². The third-order valence-corrected chi connectivity index (χ3v) is 4.82. The van der Waals surface area contributed by atoms with Crippen molar-refractivity contribution in [1.29, 1.82) is 0 Å². The Bertz CT molecular complexity index is 667. The predicted octanol–water partition coefficient (Wildman–Crippen LogP) is 2.41. The van der Waals surface area contributed by atoms with Gasteiger partial charge < -0.3 is 14.6 Å². The third kappa shape index (κ3) is 2.87. The molecule has 0 saturated carbocycles. The first-order valence-corrected chi connectivity index (χ1v) is 7.99. The summed E-state index contributed by atoms with van der Waals surface area (Å²) in [6.07, 6.45) is 1.61. The van der Waals surface area contributed by atoms with Gasteiger partial charge in [0.15, 0.2) is 0 Å². The molecule has 114 valence electrons. The maximum absolute atomic E-state index is 12.1. The molecule has 0 unspecified atom stereocenters. The molecular formula is C16H16N2O3S. The van der Waals surface area contributed by atoms with Crippen LogP contribution in [-0.4, -0.2) is 29.5 Å². The van der Waals surface area contributed by atoms with Crippen LogP contribution in [0.15, 0.2) is 47.1 Å². The number of furan rings is 1. The summed E-state index contributed by atoms with van der Waals surface area (Å²) in [6.45, 7) is 0.459. The molecule has 0 aliphatic carbocycles. The van der Waals surface area contributed by atoms with E-state index in [1.807, 2.05) is 24.3 Å². The standard InChI is InChI=1S/C16H16N2O3S/c1-17-15(20)11-4-6-12(7-5-11)16-18(14(19)10-22-16)9-13-3-2-8-21-13/h2-8,16H,9-10H2,1H3,(H,17,20)/t16-/m1/s1. The van der Waals surface area contributed by atoms with E-state index in [1.54, 1.807) is 42.1 Å². The van der Waals surface area contributed by atoms with Crippen LogP contribution < -0.4 is 5.32 Å². The highest BCUT2D eigenvalue weighted by Crippen LogP contribution is 2.39. The molecule has 0 spiro atoms. The van der Waals surface area contributed by atoms with E-state index >= 15 is 0 Å². The van der Waals surface area contributed by atoms with Crippen molar-refractivity contribution in [2.45, 2.75) is 11.9 Å². The molecule has 1 N–H and O–H groups in total. The second-order valence-corrected chi connectivity index (χ2v) is 6.03. The molecule has 1 saturated heterocycles. The average Bonchev–Trinajstić information content (AvgIpc) is 3.18. The molecule has 1 aliphatic heterocycles. The fourth-order valence-electron chi connectivity index (χ4n) is 2.42. The molecule has 5 nitrogen and oxygen atoms in total. The highest BCUT2D eigenvalue weighted by Gasteiger charge is 2.33. The first-order chi connectivity index (χ1) is 10.7. The molecule has 3 rings (SSSR count). The smallest absolute Gasteiger partial charge is 0.251 e. The number of rotatable bonds is 4. The quantitative estimate of drug-likeness (QED) is 0.941. The summed E-state index contributed by atoms with van der Waals surface area (Å²) in [5.74, 6) is 1.21. The van der Waals surface area contributed by atoms with Crippen LogP contribution in [0.5, 0.6) is 0 Å². The predicted molar refractivity (Wildman–Crippen MR) is 84.3 cm³/mol. The van der Waals surface area contributed by atoms with E-state index in [0.717, 1.165) is 11.3 Å². The number of hydrogen-bond acceptors (Lipinski definition) is 4. The maximum atomic E-state index is 12.1. The van der Waals surface area contributed by atoms with Crippen LogP contribution in [0.2, 0.25) is 0 Å². The zero-order valence-corrected chi connectivity index (χ0v) is 12.9. The Kier molecular flexibility index (Phi) is 4.20. The molecule has 2 aromatic rings.